The number of nitrogens with one attached hydrogen (secondary N) is 1. The number of carbonyl (C=O) groups excluding carboxylic acids is 2. The lowest BCUT2D eigenvalue weighted by Gasteiger charge is -2.31. The standard InChI is InChI=1S/C21H24N2O2/c1-15-12-16(2)14-19(13-15)22-20(24)17-8-10-23(11-9-17)21(25)18-6-4-3-5-7-18/h3-7,12-14,17H,8-11H2,1-2H3,(H,22,24). The summed E-state index contributed by atoms with van der Waals surface area (Å²) >= 11 is 0. The third-order valence-corrected chi connectivity index (χ3v) is 4.66. The fraction of sp³-hybridized carbons (Fsp3) is 0.333. The molecular weight excluding hydrogens is 312 g/mol. The van der Waals surface area contributed by atoms with E-state index in [1.54, 1.807) is 0 Å². The Balaban J connectivity index is 1.56. The molecule has 0 atom stereocenters. The van der Waals surface area contributed by atoms with E-state index in [1.807, 2.05) is 61.2 Å². The minimum Gasteiger partial charge on any atom is -0.339 e. The molecule has 1 aliphatic heterocycles. The van der Waals surface area contributed by atoms with Gasteiger partial charge in [-0.05, 0) is 62.1 Å². The molecule has 4 nitrogen and oxygen atoms in total. The number of rotatable bonds is 3. The molecule has 0 spiro atoms. The maximum atomic E-state index is 12.5. The van der Waals surface area contributed by atoms with Crippen LogP contribution in [0.4, 0.5) is 5.69 Å². The summed E-state index contributed by atoms with van der Waals surface area (Å²) in [6, 6.07) is 15.4. The van der Waals surface area contributed by atoms with Gasteiger partial charge in [0.1, 0.15) is 0 Å². The van der Waals surface area contributed by atoms with Crippen LogP contribution in [0.25, 0.3) is 0 Å². The van der Waals surface area contributed by atoms with Crippen LogP contribution in [-0.4, -0.2) is 29.8 Å². The number of aryl methyl sites for hydroxylation is 2. The van der Waals surface area contributed by atoms with Crippen molar-refractivity contribution >= 4 is 17.5 Å². The zero-order chi connectivity index (χ0) is 17.8. The normalized spacial score (nSPS) is 15.0. The summed E-state index contributed by atoms with van der Waals surface area (Å²) in [6.45, 7) is 5.30. The van der Waals surface area contributed by atoms with Crippen molar-refractivity contribution in [2.75, 3.05) is 18.4 Å². The van der Waals surface area contributed by atoms with Gasteiger partial charge < -0.3 is 10.2 Å². The van der Waals surface area contributed by atoms with Gasteiger partial charge in [-0.2, -0.15) is 0 Å². The summed E-state index contributed by atoms with van der Waals surface area (Å²) in [6.07, 6.45) is 1.41. The molecule has 0 bridgehead atoms. The Morgan fingerprint density at radius 2 is 1.56 bits per heavy atom. The maximum Gasteiger partial charge on any atom is 0.253 e. The van der Waals surface area contributed by atoms with Gasteiger partial charge in [0.2, 0.25) is 5.91 Å². The minimum atomic E-state index is -0.0411. The minimum absolute atomic E-state index is 0.0411. The van der Waals surface area contributed by atoms with Crippen molar-refractivity contribution in [3.63, 3.8) is 0 Å². The summed E-state index contributed by atoms with van der Waals surface area (Å²) in [7, 11) is 0. The number of amides is 2. The smallest absolute Gasteiger partial charge is 0.253 e. The molecule has 0 radical (unpaired) electrons. The van der Waals surface area contributed by atoms with E-state index in [1.165, 1.54) is 0 Å². The topological polar surface area (TPSA) is 49.4 Å². The molecule has 130 valence electrons. The molecule has 0 saturated carbocycles. The van der Waals surface area contributed by atoms with Gasteiger partial charge in [0, 0.05) is 30.3 Å². The Morgan fingerprint density at radius 1 is 0.960 bits per heavy atom. The maximum absolute atomic E-state index is 12.5. The number of benzene rings is 2. The van der Waals surface area contributed by atoms with Gasteiger partial charge in [0.05, 0.1) is 0 Å². The summed E-state index contributed by atoms with van der Waals surface area (Å²) in [5.41, 5.74) is 3.84. The number of anilines is 1. The summed E-state index contributed by atoms with van der Waals surface area (Å²) in [5, 5.41) is 3.03. The quantitative estimate of drug-likeness (QED) is 0.927. The highest BCUT2D eigenvalue weighted by Crippen LogP contribution is 2.22. The summed E-state index contributed by atoms with van der Waals surface area (Å²) in [5.74, 6) is 0.0613. The van der Waals surface area contributed by atoms with Gasteiger partial charge in [0.25, 0.3) is 5.91 Å². The van der Waals surface area contributed by atoms with Gasteiger partial charge in [-0.3, -0.25) is 9.59 Å². The lowest BCUT2D eigenvalue weighted by Crippen LogP contribution is -2.41. The molecule has 3 rings (SSSR count). The van der Waals surface area contributed by atoms with Crippen LogP contribution >= 0.6 is 0 Å². The van der Waals surface area contributed by atoms with E-state index in [9.17, 15) is 9.59 Å². The Bertz CT molecular complexity index is 742. The number of hydrogen-bond donors (Lipinski definition) is 1. The molecule has 2 amide bonds. The molecule has 1 aliphatic rings. The molecule has 25 heavy (non-hydrogen) atoms. The number of piperidine rings is 1. The van der Waals surface area contributed by atoms with Gasteiger partial charge in [0.15, 0.2) is 0 Å². The van der Waals surface area contributed by atoms with Crippen LogP contribution < -0.4 is 5.32 Å². The first kappa shape index (κ1) is 17.2. The average molecular weight is 336 g/mol. The number of hydrogen-bond acceptors (Lipinski definition) is 2. The average Bonchev–Trinajstić information content (AvgIpc) is 2.61. The molecule has 1 fully saturated rings. The predicted octanol–water partition coefficient (Wildman–Crippen LogP) is 3.79. The Labute approximate surface area is 148 Å². The zero-order valence-electron chi connectivity index (χ0n) is 14.8. The van der Waals surface area contributed by atoms with E-state index in [4.69, 9.17) is 0 Å². The highest BCUT2D eigenvalue weighted by Gasteiger charge is 2.27. The lowest BCUT2D eigenvalue weighted by atomic mass is 9.95. The third kappa shape index (κ3) is 4.27. The van der Waals surface area contributed by atoms with Crippen LogP contribution in [0.3, 0.4) is 0 Å². The highest BCUT2D eigenvalue weighted by atomic mass is 16.2. The van der Waals surface area contributed by atoms with E-state index in [0.717, 1.165) is 16.8 Å². The first-order valence-electron chi connectivity index (χ1n) is 8.76. The van der Waals surface area contributed by atoms with Crippen LogP contribution in [0.5, 0.6) is 0 Å². The van der Waals surface area contributed by atoms with Crippen molar-refractivity contribution in [2.24, 2.45) is 5.92 Å². The van der Waals surface area contributed by atoms with Crippen LogP contribution in [0.2, 0.25) is 0 Å². The molecule has 1 saturated heterocycles. The lowest BCUT2D eigenvalue weighted by molar-refractivity contribution is -0.121. The van der Waals surface area contributed by atoms with E-state index in [-0.39, 0.29) is 17.7 Å². The van der Waals surface area contributed by atoms with Crippen LogP contribution in [0.1, 0.15) is 34.3 Å². The van der Waals surface area contributed by atoms with Crippen molar-refractivity contribution in [3.05, 3.63) is 65.2 Å². The summed E-state index contributed by atoms with van der Waals surface area (Å²) in [4.78, 5) is 26.8. The van der Waals surface area contributed by atoms with E-state index in [0.29, 0.717) is 31.5 Å². The second-order valence-corrected chi connectivity index (χ2v) is 6.80. The van der Waals surface area contributed by atoms with Gasteiger partial charge in [-0.1, -0.05) is 24.3 Å². The van der Waals surface area contributed by atoms with Crippen LogP contribution in [0.15, 0.2) is 48.5 Å². The van der Waals surface area contributed by atoms with E-state index >= 15 is 0 Å². The molecule has 0 aliphatic carbocycles. The van der Waals surface area contributed by atoms with E-state index in [2.05, 4.69) is 11.4 Å². The van der Waals surface area contributed by atoms with Gasteiger partial charge in [-0.15, -0.1) is 0 Å². The Morgan fingerprint density at radius 3 is 2.16 bits per heavy atom. The second kappa shape index (κ2) is 7.51. The molecular formula is C21H24N2O2. The molecule has 2 aromatic rings. The Hall–Kier alpha value is -2.62. The molecule has 2 aromatic carbocycles. The van der Waals surface area contributed by atoms with E-state index < -0.39 is 0 Å². The SMILES string of the molecule is Cc1cc(C)cc(NC(=O)C2CCN(C(=O)c3ccccc3)CC2)c1. The molecule has 0 aromatic heterocycles. The zero-order valence-corrected chi connectivity index (χ0v) is 14.8. The third-order valence-electron chi connectivity index (χ3n) is 4.66. The van der Waals surface area contributed by atoms with Crippen LogP contribution in [-0.2, 0) is 4.79 Å². The number of nitrogens with zero attached hydrogens (tertiary/aromatic N) is 1. The van der Waals surface area contributed by atoms with Crippen molar-refractivity contribution in [1.82, 2.24) is 4.90 Å². The molecule has 1 heterocycles. The van der Waals surface area contributed by atoms with Gasteiger partial charge in [-0.25, -0.2) is 0 Å². The number of likely N-dealkylation sites (tertiary alicyclic amines) is 1. The van der Waals surface area contributed by atoms with Crippen molar-refractivity contribution in [2.45, 2.75) is 26.7 Å². The first-order chi connectivity index (χ1) is 12.0. The molecule has 1 N–H and O–H groups in total. The van der Waals surface area contributed by atoms with Crippen LogP contribution in [0, 0.1) is 19.8 Å². The Kier molecular flexibility index (Phi) is 5.17. The van der Waals surface area contributed by atoms with Crippen molar-refractivity contribution < 1.29 is 9.59 Å². The number of carbonyl (C=O) groups is 2. The molecule has 4 heteroatoms. The fourth-order valence-corrected chi connectivity index (χ4v) is 3.40. The summed E-state index contributed by atoms with van der Waals surface area (Å²) < 4.78 is 0. The predicted molar refractivity (Wildman–Crippen MR) is 99.6 cm³/mol. The first-order valence-corrected chi connectivity index (χ1v) is 8.76. The highest BCUT2D eigenvalue weighted by molar-refractivity contribution is 5.95. The largest absolute Gasteiger partial charge is 0.339 e. The van der Waals surface area contributed by atoms with Crippen molar-refractivity contribution in [3.8, 4) is 0 Å². The monoisotopic (exact) mass is 336 g/mol. The van der Waals surface area contributed by atoms with Gasteiger partial charge >= 0.3 is 0 Å². The van der Waals surface area contributed by atoms with Crippen molar-refractivity contribution in [1.29, 1.82) is 0 Å². The fourth-order valence-electron chi connectivity index (χ4n) is 3.40. The second-order valence-electron chi connectivity index (χ2n) is 6.80. The molecule has 0 unspecified atom stereocenters.